The van der Waals surface area contributed by atoms with Crippen LogP contribution in [0.2, 0.25) is 10.2 Å². The second-order valence-corrected chi connectivity index (χ2v) is 5.78. The summed E-state index contributed by atoms with van der Waals surface area (Å²) in [6.45, 7) is 8.51. The molecule has 1 rings (SSSR count). The Morgan fingerprint density at radius 1 is 1.14 bits per heavy atom. The van der Waals surface area contributed by atoms with Crippen LogP contribution in [0.15, 0.2) is 0 Å². The Bertz CT molecular complexity index is 570. The van der Waals surface area contributed by atoms with Gasteiger partial charge in [-0.25, -0.2) is 9.78 Å². The summed E-state index contributed by atoms with van der Waals surface area (Å²) in [5.74, 6) is -0.584. The zero-order chi connectivity index (χ0) is 16.9. The molecule has 0 saturated carbocycles. The number of imide groups is 1. The lowest BCUT2D eigenvalue weighted by atomic mass is 10.1. The van der Waals surface area contributed by atoms with Crippen LogP contribution < -0.4 is 5.32 Å². The van der Waals surface area contributed by atoms with Crippen molar-refractivity contribution in [2.75, 3.05) is 13.1 Å². The van der Waals surface area contributed by atoms with Gasteiger partial charge in [0.05, 0.1) is 16.3 Å². The predicted molar refractivity (Wildman–Crippen MR) is 88.7 cm³/mol. The van der Waals surface area contributed by atoms with E-state index in [-0.39, 0.29) is 10.7 Å². The molecular weight excluding hydrogens is 325 g/mol. The highest BCUT2D eigenvalue weighted by molar-refractivity contribution is 6.36. The van der Waals surface area contributed by atoms with Crippen molar-refractivity contribution in [1.29, 1.82) is 0 Å². The van der Waals surface area contributed by atoms with Crippen molar-refractivity contribution in [3.8, 4) is 0 Å². The number of carbonyl (C=O) groups is 2. The van der Waals surface area contributed by atoms with E-state index in [1.54, 1.807) is 18.7 Å². The number of hydrogen-bond donors (Lipinski definition) is 1. The molecule has 0 aliphatic rings. The van der Waals surface area contributed by atoms with Crippen LogP contribution in [0.3, 0.4) is 0 Å². The van der Waals surface area contributed by atoms with Crippen molar-refractivity contribution in [1.82, 2.24) is 15.2 Å². The fourth-order valence-electron chi connectivity index (χ4n) is 2.15. The van der Waals surface area contributed by atoms with Gasteiger partial charge in [0.15, 0.2) is 0 Å². The van der Waals surface area contributed by atoms with Crippen molar-refractivity contribution in [3.05, 3.63) is 27.0 Å². The molecule has 3 amide bonds. The Balaban J connectivity index is 2.98. The highest BCUT2D eigenvalue weighted by Crippen LogP contribution is 2.27. The summed E-state index contributed by atoms with van der Waals surface area (Å²) in [5.41, 5.74) is 1.20. The molecular formula is C15H21Cl2N3O2. The van der Waals surface area contributed by atoms with Gasteiger partial charge in [-0.1, -0.05) is 37.0 Å². The highest BCUT2D eigenvalue weighted by atomic mass is 35.5. The number of nitrogens with zero attached hydrogens (tertiary/aromatic N) is 2. The molecule has 1 aromatic rings. The summed E-state index contributed by atoms with van der Waals surface area (Å²) in [6.07, 6.45) is 1.64. The van der Waals surface area contributed by atoms with E-state index in [4.69, 9.17) is 23.2 Å². The van der Waals surface area contributed by atoms with Crippen molar-refractivity contribution < 1.29 is 9.59 Å². The summed E-state index contributed by atoms with van der Waals surface area (Å²) in [5, 5.41) is 2.78. The highest BCUT2D eigenvalue weighted by Gasteiger charge is 2.22. The Labute approximate surface area is 141 Å². The van der Waals surface area contributed by atoms with E-state index < -0.39 is 11.9 Å². The Morgan fingerprint density at radius 2 is 1.68 bits per heavy atom. The maximum absolute atomic E-state index is 12.3. The van der Waals surface area contributed by atoms with Crippen LogP contribution in [0.4, 0.5) is 4.79 Å². The molecule has 1 N–H and O–H groups in total. The van der Waals surface area contributed by atoms with Gasteiger partial charge in [0.2, 0.25) is 0 Å². The molecule has 0 spiro atoms. The molecule has 1 aromatic heterocycles. The molecule has 1 heterocycles. The van der Waals surface area contributed by atoms with Crippen LogP contribution in [0.25, 0.3) is 0 Å². The number of rotatable bonds is 5. The molecule has 0 bridgehead atoms. The lowest BCUT2D eigenvalue weighted by molar-refractivity contribution is 0.0951. The topological polar surface area (TPSA) is 62.3 Å². The summed E-state index contributed by atoms with van der Waals surface area (Å²) in [4.78, 5) is 30.1. The minimum atomic E-state index is -0.584. The maximum Gasteiger partial charge on any atom is 0.324 e. The molecule has 122 valence electrons. The first kappa shape index (κ1) is 18.7. The smallest absolute Gasteiger partial charge is 0.324 e. The summed E-state index contributed by atoms with van der Waals surface area (Å²) in [6, 6.07) is -0.430. The van der Waals surface area contributed by atoms with E-state index >= 15 is 0 Å². The molecule has 0 radical (unpaired) electrons. The van der Waals surface area contributed by atoms with Crippen LogP contribution in [0.1, 0.15) is 48.3 Å². The van der Waals surface area contributed by atoms with Crippen molar-refractivity contribution in [2.45, 2.75) is 40.5 Å². The second-order valence-electron chi connectivity index (χ2n) is 5.05. The summed E-state index contributed by atoms with van der Waals surface area (Å²) >= 11 is 12.1. The Hall–Kier alpha value is -1.33. The van der Waals surface area contributed by atoms with Gasteiger partial charge in [0.25, 0.3) is 5.91 Å². The summed E-state index contributed by atoms with van der Waals surface area (Å²) in [7, 11) is 0. The first-order valence-corrected chi connectivity index (χ1v) is 8.01. The fraction of sp³-hybridized carbons (Fsp3) is 0.533. The third-order valence-corrected chi connectivity index (χ3v) is 4.05. The van der Waals surface area contributed by atoms with E-state index in [2.05, 4.69) is 10.3 Å². The monoisotopic (exact) mass is 345 g/mol. The molecule has 5 nitrogen and oxygen atoms in total. The Morgan fingerprint density at radius 3 is 2.18 bits per heavy atom. The van der Waals surface area contributed by atoms with E-state index in [1.807, 2.05) is 13.8 Å². The largest absolute Gasteiger partial charge is 0.324 e. The average molecular weight is 346 g/mol. The molecule has 22 heavy (non-hydrogen) atoms. The van der Waals surface area contributed by atoms with Gasteiger partial charge in [-0.2, -0.15) is 0 Å². The van der Waals surface area contributed by atoms with Crippen LogP contribution in [-0.4, -0.2) is 34.9 Å². The SMILES string of the molecule is CCCN(CCC)C(=O)NC(=O)c1c(Cl)nc(C)c(Cl)c1C. The van der Waals surface area contributed by atoms with Gasteiger partial charge in [-0.3, -0.25) is 10.1 Å². The molecule has 0 aliphatic carbocycles. The van der Waals surface area contributed by atoms with Crippen LogP contribution >= 0.6 is 23.2 Å². The van der Waals surface area contributed by atoms with Crippen molar-refractivity contribution >= 4 is 35.1 Å². The van der Waals surface area contributed by atoms with Gasteiger partial charge >= 0.3 is 6.03 Å². The van der Waals surface area contributed by atoms with E-state index in [9.17, 15) is 9.59 Å². The molecule has 0 aromatic carbocycles. The number of carbonyl (C=O) groups excluding carboxylic acids is 2. The number of halogens is 2. The number of nitrogens with one attached hydrogen (secondary N) is 1. The maximum atomic E-state index is 12.3. The second kappa shape index (κ2) is 8.34. The molecule has 0 atom stereocenters. The van der Waals surface area contributed by atoms with Gasteiger partial charge in [0, 0.05) is 13.1 Å². The van der Waals surface area contributed by atoms with E-state index in [1.165, 1.54) is 0 Å². The molecule has 0 unspecified atom stereocenters. The minimum absolute atomic E-state index is 0.0437. The third-order valence-electron chi connectivity index (χ3n) is 3.22. The number of pyridine rings is 1. The van der Waals surface area contributed by atoms with Gasteiger partial charge in [-0.15, -0.1) is 0 Å². The summed E-state index contributed by atoms with van der Waals surface area (Å²) < 4.78 is 0. The van der Waals surface area contributed by atoms with Crippen LogP contribution in [0, 0.1) is 13.8 Å². The normalized spacial score (nSPS) is 10.5. The third kappa shape index (κ3) is 4.34. The van der Waals surface area contributed by atoms with Gasteiger partial charge < -0.3 is 4.90 Å². The molecule has 0 fully saturated rings. The molecule has 0 saturated heterocycles. The van der Waals surface area contributed by atoms with E-state index in [0.717, 1.165) is 12.8 Å². The van der Waals surface area contributed by atoms with Gasteiger partial charge in [0.1, 0.15) is 5.15 Å². The molecule has 7 heteroatoms. The number of aryl methyl sites for hydroxylation is 1. The quantitative estimate of drug-likeness (QED) is 0.821. The Kier molecular flexibility index (Phi) is 7.10. The first-order valence-electron chi connectivity index (χ1n) is 7.25. The number of aromatic nitrogens is 1. The number of urea groups is 1. The lowest BCUT2D eigenvalue weighted by Crippen LogP contribution is -2.43. The lowest BCUT2D eigenvalue weighted by Gasteiger charge is -2.21. The first-order chi connectivity index (χ1) is 10.3. The van der Waals surface area contributed by atoms with Gasteiger partial charge in [-0.05, 0) is 32.3 Å². The average Bonchev–Trinajstić information content (AvgIpc) is 2.44. The van der Waals surface area contributed by atoms with E-state index in [0.29, 0.717) is 29.4 Å². The minimum Gasteiger partial charge on any atom is -0.324 e. The fourth-order valence-corrected chi connectivity index (χ4v) is 2.64. The zero-order valence-electron chi connectivity index (χ0n) is 13.3. The standard InChI is InChI=1S/C15H21Cl2N3O2/c1-5-7-20(8-6-2)15(22)19-14(21)11-9(3)12(16)10(4)18-13(11)17/h5-8H2,1-4H3,(H,19,21,22). The zero-order valence-corrected chi connectivity index (χ0v) is 14.8. The van der Waals surface area contributed by atoms with Crippen molar-refractivity contribution in [3.63, 3.8) is 0 Å². The van der Waals surface area contributed by atoms with Crippen LogP contribution in [-0.2, 0) is 0 Å². The molecule has 0 aliphatic heterocycles. The predicted octanol–water partition coefficient (Wildman–Crippen LogP) is 3.98. The van der Waals surface area contributed by atoms with Crippen LogP contribution in [0.5, 0.6) is 0 Å². The number of hydrogen-bond acceptors (Lipinski definition) is 3. The number of amides is 3. The van der Waals surface area contributed by atoms with Crippen molar-refractivity contribution in [2.24, 2.45) is 0 Å².